The lowest BCUT2D eigenvalue weighted by Gasteiger charge is -2.10. The zero-order chi connectivity index (χ0) is 12.7. The Morgan fingerprint density at radius 1 is 1.24 bits per heavy atom. The lowest BCUT2D eigenvalue weighted by molar-refractivity contribution is 0.132. The van der Waals surface area contributed by atoms with E-state index in [1.807, 2.05) is 12.1 Å². The summed E-state index contributed by atoms with van der Waals surface area (Å²) in [6, 6.07) is 5.55. The molecule has 0 unspecified atom stereocenters. The number of hydrogen-bond acceptors (Lipinski definition) is 2. The fourth-order valence-corrected chi connectivity index (χ4v) is 1.69. The van der Waals surface area contributed by atoms with Gasteiger partial charge < -0.3 is 10.1 Å². The summed E-state index contributed by atoms with van der Waals surface area (Å²) in [5.41, 5.74) is 0.853. The summed E-state index contributed by atoms with van der Waals surface area (Å²) >= 11 is 11.9. The Kier molecular flexibility index (Phi) is 6.71. The number of halogens is 2. The SMILES string of the molecule is CC(C)CCOCCNc1cccc(Cl)c1Cl. The first-order chi connectivity index (χ1) is 8.11. The van der Waals surface area contributed by atoms with E-state index < -0.39 is 0 Å². The van der Waals surface area contributed by atoms with Gasteiger partial charge in [0.1, 0.15) is 0 Å². The van der Waals surface area contributed by atoms with E-state index in [4.69, 9.17) is 27.9 Å². The monoisotopic (exact) mass is 275 g/mol. The summed E-state index contributed by atoms with van der Waals surface area (Å²) in [6.45, 7) is 6.59. The molecule has 0 aliphatic heterocycles. The van der Waals surface area contributed by atoms with Gasteiger partial charge in [0, 0.05) is 13.2 Å². The highest BCUT2D eigenvalue weighted by Gasteiger charge is 2.02. The summed E-state index contributed by atoms with van der Waals surface area (Å²) < 4.78 is 5.50. The molecule has 0 aliphatic rings. The van der Waals surface area contributed by atoms with E-state index in [-0.39, 0.29) is 0 Å². The van der Waals surface area contributed by atoms with Gasteiger partial charge in [0.25, 0.3) is 0 Å². The second-order valence-corrected chi connectivity index (χ2v) is 5.11. The molecule has 1 aromatic rings. The van der Waals surface area contributed by atoms with Gasteiger partial charge in [-0.1, -0.05) is 43.1 Å². The van der Waals surface area contributed by atoms with Gasteiger partial charge in [-0.15, -0.1) is 0 Å². The first kappa shape index (κ1) is 14.6. The van der Waals surface area contributed by atoms with Crippen LogP contribution in [0.25, 0.3) is 0 Å². The van der Waals surface area contributed by atoms with Crippen molar-refractivity contribution >= 4 is 28.9 Å². The third kappa shape index (κ3) is 5.62. The molecule has 0 amide bonds. The summed E-state index contributed by atoms with van der Waals surface area (Å²) in [4.78, 5) is 0. The first-order valence-corrected chi connectivity index (χ1v) is 6.62. The van der Waals surface area contributed by atoms with Crippen LogP contribution in [0, 0.1) is 5.92 Å². The van der Waals surface area contributed by atoms with Crippen molar-refractivity contribution in [1.82, 2.24) is 0 Å². The second kappa shape index (κ2) is 7.80. The van der Waals surface area contributed by atoms with Crippen molar-refractivity contribution in [3.05, 3.63) is 28.2 Å². The third-order valence-electron chi connectivity index (χ3n) is 2.35. The van der Waals surface area contributed by atoms with E-state index >= 15 is 0 Å². The smallest absolute Gasteiger partial charge is 0.0823 e. The minimum absolute atomic E-state index is 0.566. The topological polar surface area (TPSA) is 21.3 Å². The zero-order valence-corrected chi connectivity index (χ0v) is 11.8. The van der Waals surface area contributed by atoms with Crippen molar-refractivity contribution < 1.29 is 4.74 Å². The zero-order valence-electron chi connectivity index (χ0n) is 10.3. The molecule has 1 rings (SSSR count). The van der Waals surface area contributed by atoms with Gasteiger partial charge >= 0.3 is 0 Å². The summed E-state index contributed by atoms with van der Waals surface area (Å²) in [5, 5.41) is 4.33. The van der Waals surface area contributed by atoms with Crippen LogP contribution in [0.3, 0.4) is 0 Å². The van der Waals surface area contributed by atoms with Crippen LogP contribution in [-0.2, 0) is 4.74 Å². The number of nitrogens with one attached hydrogen (secondary N) is 1. The minimum Gasteiger partial charge on any atom is -0.381 e. The van der Waals surface area contributed by atoms with Gasteiger partial charge in [0.05, 0.1) is 22.3 Å². The summed E-state index contributed by atoms with van der Waals surface area (Å²) in [6.07, 6.45) is 1.10. The van der Waals surface area contributed by atoms with Crippen LogP contribution in [0.1, 0.15) is 20.3 Å². The first-order valence-electron chi connectivity index (χ1n) is 5.87. The Morgan fingerprint density at radius 3 is 2.71 bits per heavy atom. The van der Waals surface area contributed by atoms with Crippen LogP contribution < -0.4 is 5.32 Å². The molecule has 0 saturated carbocycles. The van der Waals surface area contributed by atoms with Crippen molar-refractivity contribution in [3.8, 4) is 0 Å². The molecule has 0 aliphatic carbocycles. The van der Waals surface area contributed by atoms with Crippen LogP contribution in [0.4, 0.5) is 5.69 Å². The number of benzene rings is 1. The maximum atomic E-state index is 6.04. The van der Waals surface area contributed by atoms with Gasteiger partial charge in [-0.05, 0) is 24.5 Å². The Labute approximate surface area is 113 Å². The summed E-state index contributed by atoms with van der Waals surface area (Å²) in [7, 11) is 0. The molecule has 0 heterocycles. The van der Waals surface area contributed by atoms with Crippen molar-refractivity contribution in [1.29, 1.82) is 0 Å². The fourth-order valence-electron chi connectivity index (χ4n) is 1.32. The molecule has 4 heteroatoms. The van der Waals surface area contributed by atoms with E-state index in [9.17, 15) is 0 Å². The Bertz CT molecular complexity index is 342. The van der Waals surface area contributed by atoms with Crippen molar-refractivity contribution in [3.63, 3.8) is 0 Å². The standard InChI is InChI=1S/C13H19Cl2NO/c1-10(2)6-8-17-9-7-16-12-5-3-4-11(14)13(12)15/h3-5,10,16H,6-9H2,1-2H3. The Balaban J connectivity index is 2.20. The molecule has 1 N–H and O–H groups in total. The van der Waals surface area contributed by atoms with Crippen molar-refractivity contribution in [2.75, 3.05) is 25.1 Å². The van der Waals surface area contributed by atoms with Gasteiger partial charge in [0.15, 0.2) is 0 Å². The predicted octanol–water partition coefficient (Wildman–Crippen LogP) is 4.47. The minimum atomic E-state index is 0.566. The largest absolute Gasteiger partial charge is 0.381 e. The van der Waals surface area contributed by atoms with E-state index in [1.54, 1.807) is 6.07 Å². The molecule has 1 aromatic carbocycles. The highest BCUT2D eigenvalue weighted by molar-refractivity contribution is 6.43. The van der Waals surface area contributed by atoms with Gasteiger partial charge in [0.2, 0.25) is 0 Å². The van der Waals surface area contributed by atoms with Crippen molar-refractivity contribution in [2.45, 2.75) is 20.3 Å². The number of rotatable bonds is 7. The molecule has 0 radical (unpaired) electrons. The maximum Gasteiger partial charge on any atom is 0.0823 e. The van der Waals surface area contributed by atoms with Crippen LogP contribution in [0.2, 0.25) is 10.0 Å². The van der Waals surface area contributed by atoms with Gasteiger partial charge in [-0.25, -0.2) is 0 Å². The molecular formula is C13H19Cl2NO. The molecule has 2 nitrogen and oxygen atoms in total. The van der Waals surface area contributed by atoms with Crippen LogP contribution >= 0.6 is 23.2 Å². The molecule has 0 fully saturated rings. The molecule has 0 atom stereocenters. The average Bonchev–Trinajstić information content (AvgIpc) is 2.28. The van der Waals surface area contributed by atoms with Gasteiger partial charge in [-0.2, -0.15) is 0 Å². The lowest BCUT2D eigenvalue weighted by Crippen LogP contribution is -2.11. The van der Waals surface area contributed by atoms with Crippen molar-refractivity contribution in [2.24, 2.45) is 5.92 Å². The molecule has 0 aromatic heterocycles. The highest BCUT2D eigenvalue weighted by Crippen LogP contribution is 2.29. The molecule has 17 heavy (non-hydrogen) atoms. The summed E-state index contributed by atoms with van der Waals surface area (Å²) in [5.74, 6) is 0.685. The normalized spacial score (nSPS) is 10.9. The molecule has 96 valence electrons. The lowest BCUT2D eigenvalue weighted by atomic mass is 10.1. The number of anilines is 1. The molecule has 0 bridgehead atoms. The van der Waals surface area contributed by atoms with E-state index in [0.717, 1.165) is 25.3 Å². The average molecular weight is 276 g/mol. The van der Waals surface area contributed by atoms with Crippen LogP contribution in [0.15, 0.2) is 18.2 Å². The van der Waals surface area contributed by atoms with Gasteiger partial charge in [-0.3, -0.25) is 0 Å². The van der Waals surface area contributed by atoms with E-state index in [1.165, 1.54) is 0 Å². The molecular weight excluding hydrogens is 257 g/mol. The second-order valence-electron chi connectivity index (χ2n) is 4.32. The number of ether oxygens (including phenoxy) is 1. The molecule has 0 spiro atoms. The Hall–Kier alpha value is -0.440. The maximum absolute atomic E-state index is 6.04. The molecule has 0 saturated heterocycles. The highest BCUT2D eigenvalue weighted by atomic mass is 35.5. The van der Waals surface area contributed by atoms with E-state index in [2.05, 4.69) is 19.2 Å². The van der Waals surface area contributed by atoms with E-state index in [0.29, 0.717) is 22.6 Å². The fraction of sp³-hybridized carbons (Fsp3) is 0.538. The predicted molar refractivity (Wildman–Crippen MR) is 75.2 cm³/mol. The van der Waals surface area contributed by atoms with Crippen LogP contribution in [0.5, 0.6) is 0 Å². The van der Waals surface area contributed by atoms with Crippen LogP contribution in [-0.4, -0.2) is 19.8 Å². The quantitative estimate of drug-likeness (QED) is 0.742. The number of hydrogen-bond donors (Lipinski definition) is 1. The Morgan fingerprint density at radius 2 is 2.00 bits per heavy atom. The third-order valence-corrected chi connectivity index (χ3v) is 3.17.